The van der Waals surface area contributed by atoms with E-state index in [4.69, 9.17) is 4.63 Å². The van der Waals surface area contributed by atoms with Crippen LogP contribution in [0.2, 0.25) is 0 Å². The van der Waals surface area contributed by atoms with Crippen molar-refractivity contribution in [2.24, 2.45) is 0 Å². The zero-order chi connectivity index (χ0) is 20.5. The van der Waals surface area contributed by atoms with Crippen LogP contribution in [0.1, 0.15) is 66.2 Å². The Morgan fingerprint density at radius 3 is 2.64 bits per heavy atom. The van der Waals surface area contributed by atoms with Crippen LogP contribution >= 0.6 is 0 Å². The van der Waals surface area contributed by atoms with E-state index in [1.807, 2.05) is 20.8 Å². The van der Waals surface area contributed by atoms with Crippen molar-refractivity contribution < 1.29 is 14.8 Å². The fourth-order valence-corrected chi connectivity index (χ4v) is 4.50. The van der Waals surface area contributed by atoms with E-state index in [1.54, 1.807) is 6.07 Å². The first-order valence-corrected chi connectivity index (χ1v) is 9.81. The van der Waals surface area contributed by atoms with Crippen LogP contribution in [-0.4, -0.2) is 37.4 Å². The van der Waals surface area contributed by atoms with Crippen molar-refractivity contribution in [1.29, 1.82) is 0 Å². The van der Waals surface area contributed by atoms with Gasteiger partial charge in [0, 0.05) is 23.2 Å². The number of benzene rings is 1. The van der Waals surface area contributed by atoms with Crippen LogP contribution in [0.15, 0.2) is 16.8 Å². The lowest BCUT2D eigenvalue weighted by molar-refractivity contribution is -0.383. The van der Waals surface area contributed by atoms with E-state index in [-0.39, 0.29) is 17.2 Å². The number of nitro groups is 1. The Kier molecular flexibility index (Phi) is 5.58. The van der Waals surface area contributed by atoms with Crippen LogP contribution in [0.4, 0.5) is 11.4 Å². The molecule has 0 amide bonds. The summed E-state index contributed by atoms with van der Waals surface area (Å²) in [5.74, 6) is 0. The molecular formula is C19H28N5O4. The molecule has 0 aliphatic carbocycles. The minimum absolute atomic E-state index is 0.0354. The molecular weight excluding hydrogens is 362 g/mol. The van der Waals surface area contributed by atoms with Crippen molar-refractivity contribution in [3.8, 4) is 0 Å². The van der Waals surface area contributed by atoms with Gasteiger partial charge in [0.1, 0.15) is 0 Å². The second kappa shape index (κ2) is 7.63. The molecule has 0 spiro atoms. The third-order valence-electron chi connectivity index (χ3n) is 5.74. The number of hydrogen-bond donors (Lipinski definition) is 1. The number of nitrogens with zero attached hydrogens (tertiary/aromatic N) is 4. The minimum atomic E-state index is -0.515. The van der Waals surface area contributed by atoms with Gasteiger partial charge >= 0.3 is 5.69 Å². The van der Waals surface area contributed by atoms with E-state index < -0.39 is 16.0 Å². The molecule has 0 saturated carbocycles. The average Bonchev–Trinajstić information content (AvgIpc) is 3.10. The Morgan fingerprint density at radius 2 is 1.96 bits per heavy atom. The smallest absolute Gasteiger partial charge is 0.300 e. The molecule has 1 radical (unpaired) electrons. The van der Waals surface area contributed by atoms with Crippen LogP contribution in [0.3, 0.4) is 0 Å². The number of nitrogens with one attached hydrogen (secondary N) is 1. The first-order valence-electron chi connectivity index (χ1n) is 9.81. The second-order valence-electron chi connectivity index (χ2n) is 8.66. The number of hydrogen-bond acceptors (Lipinski definition) is 7. The SMILES string of the molecule is CCCCCC1(C)CC(Nc2ccc([N+](=O)[O-])c3nonc23)CC(C)(C)N1[O]. The van der Waals surface area contributed by atoms with E-state index in [1.165, 1.54) is 11.1 Å². The highest BCUT2D eigenvalue weighted by Crippen LogP contribution is 2.42. The van der Waals surface area contributed by atoms with Crippen molar-refractivity contribution in [1.82, 2.24) is 15.4 Å². The molecule has 1 aromatic carbocycles. The van der Waals surface area contributed by atoms with Gasteiger partial charge in [-0.3, -0.25) is 10.1 Å². The molecule has 2 heterocycles. The summed E-state index contributed by atoms with van der Waals surface area (Å²) in [6.07, 6.45) is 5.42. The molecule has 9 heteroatoms. The number of unbranched alkanes of at least 4 members (excludes halogenated alkanes) is 2. The summed E-state index contributed by atoms with van der Waals surface area (Å²) in [5, 5.41) is 36.5. The number of hydroxylamine groups is 2. The summed E-state index contributed by atoms with van der Waals surface area (Å²) in [6, 6.07) is 3.08. The minimum Gasteiger partial charge on any atom is -0.380 e. The van der Waals surface area contributed by atoms with Gasteiger partial charge in [-0.1, -0.05) is 26.2 Å². The van der Waals surface area contributed by atoms with E-state index in [2.05, 4.69) is 22.6 Å². The highest BCUT2D eigenvalue weighted by Gasteiger charge is 2.48. The van der Waals surface area contributed by atoms with Crippen molar-refractivity contribution >= 4 is 22.4 Å². The van der Waals surface area contributed by atoms with Crippen LogP contribution in [0.5, 0.6) is 0 Å². The van der Waals surface area contributed by atoms with Gasteiger partial charge in [0.25, 0.3) is 0 Å². The Balaban J connectivity index is 1.86. The monoisotopic (exact) mass is 390 g/mol. The topological polar surface area (TPSA) is 117 Å². The van der Waals surface area contributed by atoms with Gasteiger partial charge in [-0.2, -0.15) is 0 Å². The normalized spacial score (nSPS) is 25.1. The van der Waals surface area contributed by atoms with Crippen LogP contribution in [-0.2, 0) is 5.21 Å². The number of rotatable bonds is 7. The van der Waals surface area contributed by atoms with E-state index in [0.717, 1.165) is 25.7 Å². The Labute approximate surface area is 164 Å². The lowest BCUT2D eigenvalue weighted by Crippen LogP contribution is -2.62. The maximum atomic E-state index is 13.0. The summed E-state index contributed by atoms with van der Waals surface area (Å²) < 4.78 is 4.75. The van der Waals surface area contributed by atoms with E-state index in [9.17, 15) is 15.3 Å². The standard InChI is InChI=1S/C19H28N5O4/c1-5-6-7-10-19(4)12-13(11-18(2,3)24(19)27)20-14-8-9-15(23(25)26)17-16(14)21-28-22-17/h8-9,13,20H,5-7,10-12H2,1-4H3. The first kappa shape index (κ1) is 20.5. The fourth-order valence-electron chi connectivity index (χ4n) is 4.50. The molecule has 2 atom stereocenters. The second-order valence-corrected chi connectivity index (χ2v) is 8.66. The predicted molar refractivity (Wildman–Crippen MR) is 104 cm³/mol. The zero-order valence-electron chi connectivity index (χ0n) is 16.9. The van der Waals surface area contributed by atoms with Gasteiger partial charge in [-0.05, 0) is 56.4 Å². The van der Waals surface area contributed by atoms with E-state index in [0.29, 0.717) is 24.0 Å². The van der Waals surface area contributed by atoms with Crippen molar-refractivity contribution in [2.45, 2.75) is 83.3 Å². The maximum absolute atomic E-state index is 13.0. The summed E-state index contributed by atoms with van der Waals surface area (Å²) in [6.45, 7) is 8.12. The van der Waals surface area contributed by atoms with Gasteiger partial charge in [0.2, 0.25) is 5.52 Å². The van der Waals surface area contributed by atoms with Crippen molar-refractivity contribution in [2.75, 3.05) is 5.32 Å². The molecule has 1 N–H and O–H groups in total. The third kappa shape index (κ3) is 3.81. The molecule has 153 valence electrons. The number of anilines is 1. The lowest BCUT2D eigenvalue weighted by Gasteiger charge is -2.52. The Bertz CT molecular complexity index is 852. The molecule has 1 aromatic heterocycles. The number of piperidine rings is 1. The zero-order valence-corrected chi connectivity index (χ0v) is 16.9. The Morgan fingerprint density at radius 1 is 1.25 bits per heavy atom. The molecule has 1 aliphatic rings. The lowest BCUT2D eigenvalue weighted by atomic mass is 9.75. The van der Waals surface area contributed by atoms with Crippen LogP contribution in [0.25, 0.3) is 11.0 Å². The van der Waals surface area contributed by atoms with E-state index >= 15 is 0 Å². The molecule has 2 aromatic rings. The Hall–Kier alpha value is -2.26. The molecule has 1 saturated heterocycles. The molecule has 28 heavy (non-hydrogen) atoms. The molecule has 1 fully saturated rings. The van der Waals surface area contributed by atoms with Crippen molar-refractivity contribution in [3.05, 3.63) is 22.2 Å². The van der Waals surface area contributed by atoms with Crippen LogP contribution < -0.4 is 5.32 Å². The molecule has 9 nitrogen and oxygen atoms in total. The number of non-ortho nitro benzene ring substituents is 1. The summed E-state index contributed by atoms with van der Waals surface area (Å²) >= 11 is 0. The van der Waals surface area contributed by atoms with Crippen molar-refractivity contribution in [3.63, 3.8) is 0 Å². The summed E-state index contributed by atoms with van der Waals surface area (Å²) in [5.41, 5.74) is -0.0145. The summed E-state index contributed by atoms with van der Waals surface area (Å²) in [7, 11) is 0. The van der Waals surface area contributed by atoms with Gasteiger partial charge in [0.05, 0.1) is 10.6 Å². The maximum Gasteiger partial charge on any atom is 0.300 e. The highest BCUT2D eigenvalue weighted by atomic mass is 16.6. The van der Waals surface area contributed by atoms with Crippen LogP contribution in [0, 0.1) is 10.1 Å². The molecule has 0 bridgehead atoms. The van der Waals surface area contributed by atoms with Gasteiger partial charge in [-0.15, -0.1) is 10.3 Å². The number of aromatic nitrogens is 2. The molecule has 1 aliphatic heterocycles. The predicted octanol–water partition coefficient (Wildman–Crippen LogP) is 4.47. The summed E-state index contributed by atoms with van der Waals surface area (Å²) in [4.78, 5) is 10.7. The van der Waals surface area contributed by atoms with Gasteiger partial charge < -0.3 is 5.32 Å². The van der Waals surface area contributed by atoms with Gasteiger partial charge in [0.15, 0.2) is 5.52 Å². The molecule has 2 unspecified atom stereocenters. The third-order valence-corrected chi connectivity index (χ3v) is 5.74. The molecule has 3 rings (SSSR count). The fraction of sp³-hybridized carbons (Fsp3) is 0.684. The quantitative estimate of drug-likeness (QED) is 0.421. The largest absolute Gasteiger partial charge is 0.380 e. The average molecular weight is 390 g/mol. The first-order chi connectivity index (χ1) is 13.2. The van der Waals surface area contributed by atoms with Gasteiger partial charge in [-0.25, -0.2) is 4.63 Å². The highest BCUT2D eigenvalue weighted by molar-refractivity contribution is 5.93. The number of fused-ring (bicyclic) bond motifs is 1. The number of nitro benzene ring substituents is 1.